The first-order valence-electron chi connectivity index (χ1n) is 7.74. The van der Waals surface area contributed by atoms with Crippen LogP contribution >= 0.6 is 11.3 Å². The Morgan fingerprint density at radius 3 is 2.82 bits per heavy atom. The molecule has 0 aromatic carbocycles. The zero-order chi connectivity index (χ0) is 16.3. The molecule has 1 aliphatic rings. The van der Waals surface area contributed by atoms with E-state index in [1.807, 2.05) is 27.0 Å². The van der Waals surface area contributed by atoms with Crippen LogP contribution < -0.4 is 16.4 Å². The highest BCUT2D eigenvalue weighted by atomic mass is 32.1. The van der Waals surface area contributed by atoms with Gasteiger partial charge in [-0.25, -0.2) is 9.78 Å². The molecule has 1 fully saturated rings. The van der Waals surface area contributed by atoms with Crippen LogP contribution in [0.15, 0.2) is 6.20 Å². The van der Waals surface area contributed by atoms with Gasteiger partial charge in [0.15, 0.2) is 5.13 Å². The summed E-state index contributed by atoms with van der Waals surface area (Å²) in [5.41, 5.74) is 5.46. The van der Waals surface area contributed by atoms with Crippen molar-refractivity contribution in [2.75, 3.05) is 18.8 Å². The van der Waals surface area contributed by atoms with Crippen molar-refractivity contribution in [1.29, 1.82) is 0 Å². The normalized spacial score (nSPS) is 23.3. The van der Waals surface area contributed by atoms with E-state index in [9.17, 15) is 4.79 Å². The number of aromatic nitrogens is 1. The number of anilines is 1. The average Bonchev–Trinajstić information content (AvgIpc) is 2.76. The fourth-order valence-corrected chi connectivity index (χ4v) is 3.48. The summed E-state index contributed by atoms with van der Waals surface area (Å²) in [6, 6.07) is 0.151. The number of hydrogen-bond acceptors (Lipinski definition) is 5. The number of rotatable bonds is 3. The highest BCUT2D eigenvalue weighted by Crippen LogP contribution is 2.22. The van der Waals surface area contributed by atoms with E-state index in [2.05, 4.69) is 27.4 Å². The minimum absolute atomic E-state index is 0.0759. The number of nitrogens with two attached hydrogens (primary N) is 1. The van der Waals surface area contributed by atoms with E-state index < -0.39 is 0 Å². The maximum absolute atomic E-state index is 12.0. The van der Waals surface area contributed by atoms with E-state index in [4.69, 9.17) is 5.73 Å². The molecule has 2 rings (SSSR count). The van der Waals surface area contributed by atoms with Gasteiger partial charge in [-0.05, 0) is 33.1 Å². The molecule has 124 valence electrons. The maximum atomic E-state index is 12.0. The summed E-state index contributed by atoms with van der Waals surface area (Å²) >= 11 is 1.55. The Morgan fingerprint density at radius 2 is 2.27 bits per heavy atom. The number of amides is 2. The summed E-state index contributed by atoms with van der Waals surface area (Å²) in [6.45, 7) is 11.0. The molecule has 2 heterocycles. The molecule has 2 amide bonds. The Labute approximate surface area is 136 Å². The van der Waals surface area contributed by atoms with Crippen LogP contribution in [0.1, 0.15) is 39.0 Å². The first-order valence-corrected chi connectivity index (χ1v) is 8.56. The third kappa shape index (κ3) is 5.14. The van der Waals surface area contributed by atoms with Crippen molar-refractivity contribution in [3.63, 3.8) is 0 Å². The zero-order valence-electron chi connectivity index (χ0n) is 13.8. The quantitative estimate of drug-likeness (QED) is 0.794. The Bertz CT molecular complexity index is 510. The molecule has 6 nitrogen and oxygen atoms in total. The van der Waals surface area contributed by atoms with Crippen LogP contribution in [0.5, 0.6) is 0 Å². The number of nitrogens with one attached hydrogen (secondary N) is 2. The van der Waals surface area contributed by atoms with E-state index in [1.54, 1.807) is 11.3 Å². The lowest BCUT2D eigenvalue weighted by Gasteiger charge is -2.37. The Hall–Kier alpha value is -1.34. The number of nitrogen functional groups attached to an aromatic ring is 1. The molecule has 0 aliphatic carbocycles. The second-order valence-corrected chi connectivity index (χ2v) is 8.27. The molecule has 2 atom stereocenters. The molecule has 4 N–H and O–H groups in total. The maximum Gasteiger partial charge on any atom is 0.315 e. The first-order chi connectivity index (χ1) is 10.2. The predicted molar refractivity (Wildman–Crippen MR) is 90.8 cm³/mol. The van der Waals surface area contributed by atoms with Crippen molar-refractivity contribution in [3.8, 4) is 0 Å². The minimum atomic E-state index is -0.208. The topological polar surface area (TPSA) is 83.3 Å². The third-order valence-electron chi connectivity index (χ3n) is 3.75. The molecule has 0 bridgehead atoms. The third-order valence-corrected chi connectivity index (χ3v) is 4.56. The van der Waals surface area contributed by atoms with E-state index in [0.29, 0.717) is 11.0 Å². The van der Waals surface area contributed by atoms with Crippen molar-refractivity contribution in [1.82, 2.24) is 20.5 Å². The van der Waals surface area contributed by atoms with Gasteiger partial charge in [-0.1, -0.05) is 6.92 Å². The number of likely N-dealkylation sites (tertiary alicyclic amines) is 1. The summed E-state index contributed by atoms with van der Waals surface area (Å²) in [4.78, 5) is 19.7. The van der Waals surface area contributed by atoms with E-state index in [1.165, 1.54) is 4.88 Å². The van der Waals surface area contributed by atoms with Gasteiger partial charge in [-0.2, -0.15) is 0 Å². The predicted octanol–water partition coefficient (Wildman–Crippen LogP) is 2.03. The lowest BCUT2D eigenvalue weighted by molar-refractivity contribution is 0.142. The molecule has 1 saturated heterocycles. The minimum Gasteiger partial charge on any atom is -0.375 e. The van der Waals surface area contributed by atoms with E-state index in [0.717, 1.165) is 26.1 Å². The standard InChI is InChI=1S/C15H27N5OS/c1-10-8-20(9-11-7-17-13(16)22-11)6-5-12(10)18-14(21)19-15(2,3)4/h7,10,12H,5-6,8-9H2,1-4H3,(H2,16,17)(H2,18,19,21). The molecule has 0 spiro atoms. The monoisotopic (exact) mass is 325 g/mol. The van der Waals surface area contributed by atoms with Crippen LogP contribution in [-0.4, -0.2) is 40.6 Å². The summed E-state index contributed by atoms with van der Waals surface area (Å²) in [6.07, 6.45) is 2.82. The molecular formula is C15H27N5OS. The summed E-state index contributed by atoms with van der Waals surface area (Å²) in [7, 11) is 0. The molecule has 2 unspecified atom stereocenters. The van der Waals surface area contributed by atoms with Gasteiger partial charge in [0.25, 0.3) is 0 Å². The van der Waals surface area contributed by atoms with Crippen LogP contribution in [0.3, 0.4) is 0 Å². The fraction of sp³-hybridized carbons (Fsp3) is 0.733. The van der Waals surface area contributed by atoms with Gasteiger partial charge in [0, 0.05) is 42.3 Å². The van der Waals surface area contributed by atoms with Crippen molar-refractivity contribution in [2.45, 2.75) is 52.2 Å². The van der Waals surface area contributed by atoms with Crippen LogP contribution in [0, 0.1) is 5.92 Å². The highest BCUT2D eigenvalue weighted by molar-refractivity contribution is 7.15. The number of piperidine rings is 1. The Balaban J connectivity index is 1.81. The molecule has 7 heteroatoms. The summed E-state index contributed by atoms with van der Waals surface area (Å²) in [5.74, 6) is 0.421. The van der Waals surface area contributed by atoms with Crippen LogP contribution in [0.25, 0.3) is 0 Å². The lowest BCUT2D eigenvalue weighted by Crippen LogP contribution is -2.54. The number of thiazole rings is 1. The van der Waals surface area contributed by atoms with Crippen molar-refractivity contribution in [2.24, 2.45) is 5.92 Å². The highest BCUT2D eigenvalue weighted by Gasteiger charge is 2.28. The second-order valence-electron chi connectivity index (χ2n) is 7.12. The van der Waals surface area contributed by atoms with Crippen molar-refractivity contribution < 1.29 is 4.79 Å². The molecule has 1 aromatic heterocycles. The smallest absolute Gasteiger partial charge is 0.315 e. The molecule has 22 heavy (non-hydrogen) atoms. The molecule has 0 radical (unpaired) electrons. The van der Waals surface area contributed by atoms with E-state index in [-0.39, 0.29) is 17.6 Å². The zero-order valence-corrected chi connectivity index (χ0v) is 14.7. The largest absolute Gasteiger partial charge is 0.375 e. The van der Waals surface area contributed by atoms with Crippen molar-refractivity contribution >= 4 is 22.5 Å². The molecule has 1 aliphatic heterocycles. The second kappa shape index (κ2) is 6.83. The number of carbonyl (C=O) groups excluding carboxylic acids is 1. The van der Waals surface area contributed by atoms with E-state index >= 15 is 0 Å². The van der Waals surface area contributed by atoms with Crippen LogP contribution in [0.2, 0.25) is 0 Å². The van der Waals surface area contributed by atoms with Crippen molar-refractivity contribution in [3.05, 3.63) is 11.1 Å². The van der Waals surface area contributed by atoms with Gasteiger partial charge in [0.1, 0.15) is 0 Å². The first kappa shape index (κ1) is 17.0. The van der Waals surface area contributed by atoms with Gasteiger partial charge in [0.05, 0.1) is 0 Å². The summed E-state index contributed by atoms with van der Waals surface area (Å²) < 4.78 is 0. The Kier molecular flexibility index (Phi) is 5.28. The molecular weight excluding hydrogens is 298 g/mol. The number of carbonyl (C=O) groups is 1. The number of urea groups is 1. The van der Waals surface area contributed by atoms with Gasteiger partial charge in [-0.3, -0.25) is 4.90 Å². The van der Waals surface area contributed by atoms with Crippen LogP contribution in [-0.2, 0) is 6.54 Å². The lowest BCUT2D eigenvalue weighted by atomic mass is 9.94. The van der Waals surface area contributed by atoms with Crippen LogP contribution in [0.4, 0.5) is 9.93 Å². The molecule has 1 aromatic rings. The SMILES string of the molecule is CC1CN(Cc2cnc(N)s2)CCC1NC(=O)NC(C)(C)C. The number of nitrogens with zero attached hydrogens (tertiary/aromatic N) is 2. The van der Waals surface area contributed by atoms with Gasteiger partial charge < -0.3 is 16.4 Å². The van der Waals surface area contributed by atoms with Gasteiger partial charge >= 0.3 is 6.03 Å². The fourth-order valence-electron chi connectivity index (χ4n) is 2.75. The Morgan fingerprint density at radius 1 is 1.55 bits per heavy atom. The van der Waals surface area contributed by atoms with Gasteiger partial charge in [0.2, 0.25) is 0 Å². The molecule has 0 saturated carbocycles. The average molecular weight is 325 g/mol. The summed E-state index contributed by atoms with van der Waals surface area (Å²) in [5, 5.41) is 6.69. The number of hydrogen-bond donors (Lipinski definition) is 3. The van der Waals surface area contributed by atoms with Gasteiger partial charge in [-0.15, -0.1) is 11.3 Å².